The molecule has 0 aromatic heterocycles. The van der Waals surface area contributed by atoms with Gasteiger partial charge in [0.05, 0.1) is 22.3 Å². The molecule has 2 heterocycles. The third-order valence-corrected chi connectivity index (χ3v) is 8.09. The minimum Gasteiger partial charge on any atom is -0.347 e. The van der Waals surface area contributed by atoms with Crippen LogP contribution in [0.2, 0.25) is 0 Å². The van der Waals surface area contributed by atoms with E-state index < -0.39 is 39.2 Å². The Balaban J connectivity index is 1.80. The molecule has 2 N–H and O–H groups in total. The average molecular weight is 488 g/mol. The molecule has 2 bridgehead atoms. The van der Waals surface area contributed by atoms with Gasteiger partial charge in [-0.1, -0.05) is 0 Å². The van der Waals surface area contributed by atoms with Gasteiger partial charge in [0.1, 0.15) is 5.82 Å². The monoisotopic (exact) mass is 487 g/mol. The van der Waals surface area contributed by atoms with Crippen molar-refractivity contribution in [2.45, 2.75) is 82.7 Å². The van der Waals surface area contributed by atoms with Crippen LogP contribution in [0, 0.1) is 23.4 Å². The molecule has 1 aromatic carbocycles. The highest BCUT2D eigenvalue weighted by atomic mass is 32.2. The topological polar surface area (TPSA) is 78.5 Å². The van der Waals surface area contributed by atoms with Gasteiger partial charge in [-0.15, -0.1) is 0 Å². The summed E-state index contributed by atoms with van der Waals surface area (Å²) in [6.45, 7) is 6.76. The largest absolute Gasteiger partial charge is 0.347 e. The molecule has 4 atom stereocenters. The maximum atomic E-state index is 14.4. The van der Waals surface area contributed by atoms with Crippen molar-refractivity contribution in [3.05, 3.63) is 35.1 Å². The smallest absolute Gasteiger partial charge is 0.242 e. The molecule has 184 valence electrons. The van der Waals surface area contributed by atoms with Crippen LogP contribution in [0.3, 0.4) is 0 Å². The standard InChI is InChI=1S/C23H32F3N3O3S/c1-13(30)27-12-22(31)29-16-5-6-17(29)8-15(7-16)21(28-33(32)23(2,3)4)10-14-9-19(25)20(26)11-18(14)24/h9,11,15-17,21,28H,5-8,10,12H2,1-4H3,(H,27,30)/t15?,16?,17?,21-,33+/m1/s1. The lowest BCUT2D eigenvalue weighted by Crippen LogP contribution is -2.54. The van der Waals surface area contributed by atoms with Gasteiger partial charge in [0, 0.05) is 31.1 Å². The van der Waals surface area contributed by atoms with Crippen LogP contribution in [0.1, 0.15) is 58.9 Å². The highest BCUT2D eigenvalue weighted by Crippen LogP contribution is 2.41. The Kier molecular flexibility index (Phi) is 7.88. The summed E-state index contributed by atoms with van der Waals surface area (Å²) >= 11 is 0. The molecule has 3 rings (SSSR count). The zero-order valence-corrected chi connectivity index (χ0v) is 20.2. The third kappa shape index (κ3) is 6.15. The van der Waals surface area contributed by atoms with Crippen LogP contribution in [-0.4, -0.2) is 50.3 Å². The summed E-state index contributed by atoms with van der Waals surface area (Å²) in [6.07, 6.45) is 2.93. The molecule has 0 aliphatic carbocycles. The van der Waals surface area contributed by atoms with Gasteiger partial charge in [-0.2, -0.15) is 0 Å². The third-order valence-electron chi connectivity index (χ3n) is 6.46. The van der Waals surface area contributed by atoms with E-state index in [9.17, 15) is 27.0 Å². The van der Waals surface area contributed by atoms with Gasteiger partial charge in [-0.3, -0.25) is 9.59 Å². The predicted octanol–water partition coefficient (Wildman–Crippen LogP) is 2.97. The van der Waals surface area contributed by atoms with E-state index in [1.54, 1.807) is 0 Å². The van der Waals surface area contributed by atoms with E-state index in [4.69, 9.17) is 0 Å². The zero-order chi connectivity index (χ0) is 24.5. The number of hydrogen-bond donors (Lipinski definition) is 2. The lowest BCUT2D eigenvalue weighted by Gasteiger charge is -2.42. The van der Waals surface area contributed by atoms with Crippen molar-refractivity contribution in [3.63, 3.8) is 0 Å². The van der Waals surface area contributed by atoms with Crippen molar-refractivity contribution in [3.8, 4) is 0 Å². The Bertz CT molecular complexity index is 924. The summed E-state index contributed by atoms with van der Waals surface area (Å²) in [5, 5.41) is 2.55. The lowest BCUT2D eigenvalue weighted by atomic mass is 9.82. The summed E-state index contributed by atoms with van der Waals surface area (Å²) in [7, 11) is -1.46. The predicted molar refractivity (Wildman–Crippen MR) is 120 cm³/mol. The second kappa shape index (κ2) is 10.1. The van der Waals surface area contributed by atoms with Crippen LogP contribution >= 0.6 is 0 Å². The first-order valence-electron chi connectivity index (χ1n) is 11.2. The molecule has 6 nitrogen and oxygen atoms in total. The Hall–Kier alpha value is -1.94. The number of halogens is 3. The Morgan fingerprint density at radius 2 is 1.67 bits per heavy atom. The molecule has 2 amide bonds. The number of carbonyl (C=O) groups excluding carboxylic acids is 2. The fourth-order valence-corrected chi connectivity index (χ4v) is 5.73. The van der Waals surface area contributed by atoms with Crippen molar-refractivity contribution in [2.75, 3.05) is 6.54 Å². The van der Waals surface area contributed by atoms with Crippen LogP contribution in [0.5, 0.6) is 0 Å². The minimum atomic E-state index is -1.46. The van der Waals surface area contributed by atoms with Gasteiger partial charge in [0.25, 0.3) is 0 Å². The summed E-state index contributed by atoms with van der Waals surface area (Å²) in [4.78, 5) is 25.7. The normalized spacial score (nSPS) is 24.5. The summed E-state index contributed by atoms with van der Waals surface area (Å²) in [5.74, 6) is -3.65. The number of rotatable bonds is 7. The highest BCUT2D eigenvalue weighted by molar-refractivity contribution is 7.84. The van der Waals surface area contributed by atoms with Crippen LogP contribution in [-0.2, 0) is 27.0 Å². The molecule has 2 fully saturated rings. The number of hydrogen-bond acceptors (Lipinski definition) is 3. The number of carbonyl (C=O) groups is 2. The number of nitrogens with one attached hydrogen (secondary N) is 2. The number of benzene rings is 1. The van der Waals surface area contributed by atoms with E-state index in [0.29, 0.717) is 18.9 Å². The van der Waals surface area contributed by atoms with Crippen LogP contribution in [0.4, 0.5) is 13.2 Å². The Morgan fingerprint density at radius 3 is 2.21 bits per heavy atom. The molecule has 0 radical (unpaired) electrons. The van der Waals surface area contributed by atoms with Gasteiger partial charge >= 0.3 is 0 Å². The van der Waals surface area contributed by atoms with E-state index in [1.807, 2.05) is 25.7 Å². The molecule has 10 heteroatoms. The van der Waals surface area contributed by atoms with E-state index in [1.165, 1.54) is 6.92 Å². The number of amides is 2. The maximum Gasteiger partial charge on any atom is 0.242 e. The number of fused-ring (bicyclic) bond motifs is 2. The average Bonchev–Trinajstić information content (AvgIpc) is 2.98. The van der Waals surface area contributed by atoms with E-state index in [-0.39, 0.29) is 48.3 Å². The fraction of sp³-hybridized carbons (Fsp3) is 0.652. The number of nitrogens with zero attached hydrogens (tertiary/aromatic N) is 1. The molecule has 1 aromatic rings. The summed E-state index contributed by atoms with van der Waals surface area (Å²) in [5.41, 5.74) is 0.0221. The zero-order valence-electron chi connectivity index (χ0n) is 19.4. The molecular formula is C23H32F3N3O3S. The number of piperidine rings is 1. The Morgan fingerprint density at radius 1 is 1.09 bits per heavy atom. The molecule has 2 saturated heterocycles. The fourth-order valence-electron chi connectivity index (χ4n) is 4.82. The SMILES string of the molecule is CC(=O)NCC(=O)N1C2CCC1CC([C@@H](Cc1cc(F)c(F)cc1F)N[S@@](=O)C(C)(C)C)C2. The van der Waals surface area contributed by atoms with Crippen LogP contribution in [0.15, 0.2) is 12.1 Å². The van der Waals surface area contributed by atoms with E-state index in [2.05, 4.69) is 10.0 Å². The minimum absolute atomic E-state index is 0.0221. The molecule has 2 aliphatic heterocycles. The van der Waals surface area contributed by atoms with Crippen molar-refractivity contribution >= 4 is 22.8 Å². The summed E-state index contributed by atoms with van der Waals surface area (Å²) < 4.78 is 57.1. The second-order valence-electron chi connectivity index (χ2n) is 9.99. The summed E-state index contributed by atoms with van der Waals surface area (Å²) in [6, 6.07) is 0.893. The highest BCUT2D eigenvalue weighted by Gasteiger charge is 2.45. The first-order chi connectivity index (χ1) is 15.4. The van der Waals surface area contributed by atoms with Gasteiger partial charge in [0.2, 0.25) is 11.8 Å². The molecule has 0 saturated carbocycles. The van der Waals surface area contributed by atoms with Crippen LogP contribution < -0.4 is 10.0 Å². The molecule has 2 aliphatic rings. The molecule has 2 unspecified atom stereocenters. The van der Waals surface area contributed by atoms with Crippen LogP contribution in [0.25, 0.3) is 0 Å². The van der Waals surface area contributed by atoms with Crippen molar-refractivity contribution in [1.29, 1.82) is 0 Å². The van der Waals surface area contributed by atoms with Crippen molar-refractivity contribution < 1.29 is 27.0 Å². The molecule has 0 spiro atoms. The van der Waals surface area contributed by atoms with Gasteiger partial charge in [0.15, 0.2) is 11.6 Å². The van der Waals surface area contributed by atoms with E-state index in [0.717, 1.165) is 18.9 Å². The quantitative estimate of drug-likeness (QED) is 0.581. The molecular weight excluding hydrogens is 455 g/mol. The van der Waals surface area contributed by atoms with Crippen molar-refractivity contribution in [2.24, 2.45) is 5.92 Å². The van der Waals surface area contributed by atoms with Crippen molar-refractivity contribution in [1.82, 2.24) is 14.9 Å². The van der Waals surface area contributed by atoms with Gasteiger partial charge in [-0.05, 0) is 70.4 Å². The maximum absolute atomic E-state index is 14.4. The first kappa shape index (κ1) is 25.7. The lowest BCUT2D eigenvalue weighted by molar-refractivity contribution is -0.137. The van der Waals surface area contributed by atoms with E-state index >= 15 is 0 Å². The molecule has 33 heavy (non-hydrogen) atoms. The van der Waals surface area contributed by atoms with Gasteiger partial charge in [-0.25, -0.2) is 22.1 Å². The Labute approximate surface area is 195 Å². The van der Waals surface area contributed by atoms with Gasteiger partial charge < -0.3 is 10.2 Å². The second-order valence-corrected chi connectivity index (χ2v) is 12.0. The first-order valence-corrected chi connectivity index (χ1v) is 12.4.